The van der Waals surface area contributed by atoms with Crippen LogP contribution in [0.25, 0.3) is 0 Å². The number of ketones is 1. The first kappa shape index (κ1) is 14.7. The molecule has 0 bridgehead atoms. The highest BCUT2D eigenvalue weighted by molar-refractivity contribution is 6.34. The van der Waals surface area contributed by atoms with Crippen molar-refractivity contribution in [1.82, 2.24) is 0 Å². The molecule has 0 saturated heterocycles. The molecule has 21 heavy (non-hydrogen) atoms. The van der Waals surface area contributed by atoms with E-state index in [0.717, 1.165) is 25.7 Å². The Kier molecular flexibility index (Phi) is 3.87. The van der Waals surface area contributed by atoms with Crippen LogP contribution in [0.1, 0.15) is 49.9 Å². The van der Waals surface area contributed by atoms with Crippen molar-refractivity contribution in [2.75, 3.05) is 13.2 Å². The van der Waals surface area contributed by atoms with Crippen LogP contribution in [0.2, 0.25) is 5.02 Å². The lowest BCUT2D eigenvalue weighted by Crippen LogP contribution is -2.26. The van der Waals surface area contributed by atoms with E-state index >= 15 is 0 Å². The van der Waals surface area contributed by atoms with Gasteiger partial charge in [0.05, 0.1) is 18.2 Å². The molecule has 1 aliphatic heterocycles. The van der Waals surface area contributed by atoms with Gasteiger partial charge in [0.25, 0.3) is 0 Å². The van der Waals surface area contributed by atoms with Gasteiger partial charge in [0.15, 0.2) is 17.3 Å². The maximum absolute atomic E-state index is 12.9. The fourth-order valence-corrected chi connectivity index (χ4v) is 3.62. The van der Waals surface area contributed by atoms with Crippen molar-refractivity contribution in [1.29, 1.82) is 0 Å². The first-order chi connectivity index (χ1) is 9.99. The molecule has 1 aromatic rings. The molecule has 2 aliphatic rings. The fraction of sp³-hybridized carbons (Fsp3) is 0.588. The summed E-state index contributed by atoms with van der Waals surface area (Å²) in [5.41, 5.74) is 0.616. The third-order valence-electron chi connectivity index (χ3n) is 4.68. The van der Waals surface area contributed by atoms with Crippen LogP contribution in [0, 0.1) is 11.3 Å². The molecule has 1 unspecified atom stereocenters. The van der Waals surface area contributed by atoms with Crippen molar-refractivity contribution in [2.24, 2.45) is 11.3 Å². The monoisotopic (exact) mass is 308 g/mol. The molecule has 3 nitrogen and oxygen atoms in total. The van der Waals surface area contributed by atoms with E-state index in [4.69, 9.17) is 21.1 Å². The Morgan fingerprint density at radius 1 is 1.19 bits per heavy atom. The molecule has 114 valence electrons. The molecule has 3 rings (SSSR count). The minimum absolute atomic E-state index is 0.0414. The van der Waals surface area contributed by atoms with Gasteiger partial charge in [0.1, 0.15) is 0 Å². The van der Waals surface area contributed by atoms with E-state index in [9.17, 15) is 4.79 Å². The van der Waals surface area contributed by atoms with E-state index in [1.54, 1.807) is 12.1 Å². The Hall–Kier alpha value is -1.22. The van der Waals surface area contributed by atoms with Crippen LogP contribution in [-0.2, 0) is 0 Å². The summed E-state index contributed by atoms with van der Waals surface area (Å²) >= 11 is 6.32. The average molecular weight is 309 g/mol. The second kappa shape index (κ2) is 5.53. The van der Waals surface area contributed by atoms with E-state index in [0.29, 0.717) is 35.3 Å². The van der Waals surface area contributed by atoms with Crippen LogP contribution in [0.15, 0.2) is 12.1 Å². The highest BCUT2D eigenvalue weighted by atomic mass is 35.5. The van der Waals surface area contributed by atoms with Crippen LogP contribution < -0.4 is 9.47 Å². The number of rotatable bonds is 2. The summed E-state index contributed by atoms with van der Waals surface area (Å²) in [6, 6.07) is 3.48. The largest absolute Gasteiger partial charge is 0.490 e. The van der Waals surface area contributed by atoms with Crippen LogP contribution in [0.5, 0.6) is 11.5 Å². The van der Waals surface area contributed by atoms with Gasteiger partial charge in [-0.3, -0.25) is 4.79 Å². The van der Waals surface area contributed by atoms with E-state index in [1.165, 1.54) is 0 Å². The Morgan fingerprint density at radius 2 is 1.86 bits per heavy atom. The number of hydrogen-bond donors (Lipinski definition) is 0. The average Bonchev–Trinajstić information content (AvgIpc) is 2.65. The summed E-state index contributed by atoms with van der Waals surface area (Å²) in [7, 11) is 0. The molecule has 0 spiro atoms. The van der Waals surface area contributed by atoms with Crippen LogP contribution >= 0.6 is 11.6 Å². The van der Waals surface area contributed by atoms with Crippen molar-refractivity contribution in [3.8, 4) is 11.5 Å². The molecular formula is C17H21ClO3. The lowest BCUT2D eigenvalue weighted by Gasteiger charge is -2.26. The Balaban J connectivity index is 1.95. The maximum atomic E-state index is 12.9. The Morgan fingerprint density at radius 3 is 2.48 bits per heavy atom. The highest BCUT2D eigenvalue weighted by Crippen LogP contribution is 2.46. The smallest absolute Gasteiger partial charge is 0.168 e. The van der Waals surface area contributed by atoms with E-state index in [1.807, 2.05) is 0 Å². The topological polar surface area (TPSA) is 35.5 Å². The number of hydrogen-bond acceptors (Lipinski definition) is 3. The predicted molar refractivity (Wildman–Crippen MR) is 82.5 cm³/mol. The van der Waals surface area contributed by atoms with Gasteiger partial charge in [-0.15, -0.1) is 0 Å². The summed E-state index contributed by atoms with van der Waals surface area (Å²) in [4.78, 5) is 12.9. The fourth-order valence-electron chi connectivity index (χ4n) is 3.37. The number of benzene rings is 1. The van der Waals surface area contributed by atoms with Crippen molar-refractivity contribution < 1.29 is 14.3 Å². The predicted octanol–water partition coefficient (Wildman–Crippen LogP) is 4.51. The number of Topliss-reactive ketones (excluding diaryl/α,β-unsaturated/α-hetero) is 1. The summed E-state index contributed by atoms with van der Waals surface area (Å²) in [5.74, 6) is 1.45. The Labute approximate surface area is 130 Å². The lowest BCUT2D eigenvalue weighted by molar-refractivity contribution is 0.0839. The standard InChI is InChI=1S/C17H21ClO3/c1-17(2)6-3-5-12(17)16(19)11-9-14-15(10-13(11)18)21-8-4-7-20-14/h9-10,12H,3-8H2,1-2H3. The third-order valence-corrected chi connectivity index (χ3v) is 4.99. The van der Waals surface area contributed by atoms with E-state index in [-0.39, 0.29) is 17.1 Å². The van der Waals surface area contributed by atoms with Gasteiger partial charge < -0.3 is 9.47 Å². The zero-order chi connectivity index (χ0) is 15.0. The number of carbonyl (C=O) groups excluding carboxylic acids is 1. The molecule has 1 heterocycles. The summed E-state index contributed by atoms with van der Waals surface area (Å²) in [6.07, 6.45) is 3.97. The van der Waals surface area contributed by atoms with Gasteiger partial charge in [0, 0.05) is 24.0 Å². The molecule has 1 atom stereocenters. The molecule has 0 N–H and O–H groups in total. The van der Waals surface area contributed by atoms with Gasteiger partial charge in [-0.05, 0) is 24.3 Å². The van der Waals surface area contributed by atoms with Gasteiger partial charge in [0.2, 0.25) is 0 Å². The summed E-state index contributed by atoms with van der Waals surface area (Å²) in [5, 5.41) is 0.465. The van der Waals surface area contributed by atoms with Gasteiger partial charge in [-0.25, -0.2) is 0 Å². The molecule has 4 heteroatoms. The Bertz CT molecular complexity index is 565. The lowest BCUT2D eigenvalue weighted by atomic mass is 9.77. The number of carbonyl (C=O) groups is 1. The van der Waals surface area contributed by atoms with E-state index < -0.39 is 0 Å². The molecular weight excluding hydrogens is 288 g/mol. The van der Waals surface area contributed by atoms with E-state index in [2.05, 4.69) is 13.8 Å². The SMILES string of the molecule is CC1(C)CCCC1C(=O)c1cc2c(cc1Cl)OCCCO2. The molecule has 1 fully saturated rings. The zero-order valence-corrected chi connectivity index (χ0v) is 13.3. The first-order valence-corrected chi connectivity index (χ1v) is 8.00. The van der Waals surface area contributed by atoms with Crippen molar-refractivity contribution in [3.05, 3.63) is 22.7 Å². The quantitative estimate of drug-likeness (QED) is 0.754. The summed E-state index contributed by atoms with van der Waals surface area (Å²) < 4.78 is 11.3. The third kappa shape index (κ3) is 2.76. The second-order valence-electron chi connectivity index (χ2n) is 6.63. The van der Waals surface area contributed by atoms with Crippen LogP contribution in [-0.4, -0.2) is 19.0 Å². The molecule has 1 aliphatic carbocycles. The normalized spacial score (nSPS) is 23.7. The molecule has 0 radical (unpaired) electrons. The minimum atomic E-state index is 0.0414. The first-order valence-electron chi connectivity index (χ1n) is 7.62. The van der Waals surface area contributed by atoms with Crippen LogP contribution in [0.4, 0.5) is 0 Å². The van der Waals surface area contributed by atoms with Crippen molar-refractivity contribution in [3.63, 3.8) is 0 Å². The van der Waals surface area contributed by atoms with Gasteiger partial charge >= 0.3 is 0 Å². The molecule has 1 saturated carbocycles. The van der Waals surface area contributed by atoms with Gasteiger partial charge in [-0.2, -0.15) is 0 Å². The van der Waals surface area contributed by atoms with Gasteiger partial charge in [-0.1, -0.05) is 31.9 Å². The summed E-state index contributed by atoms with van der Waals surface area (Å²) in [6.45, 7) is 5.56. The van der Waals surface area contributed by atoms with Crippen molar-refractivity contribution in [2.45, 2.75) is 39.5 Å². The zero-order valence-electron chi connectivity index (χ0n) is 12.6. The number of ether oxygens (including phenoxy) is 2. The molecule has 0 aromatic heterocycles. The maximum Gasteiger partial charge on any atom is 0.168 e. The number of halogens is 1. The molecule has 1 aromatic carbocycles. The van der Waals surface area contributed by atoms with Crippen LogP contribution in [0.3, 0.4) is 0 Å². The number of fused-ring (bicyclic) bond motifs is 1. The minimum Gasteiger partial charge on any atom is -0.490 e. The second-order valence-corrected chi connectivity index (χ2v) is 7.03. The highest BCUT2D eigenvalue weighted by Gasteiger charge is 2.40. The van der Waals surface area contributed by atoms with Crippen molar-refractivity contribution >= 4 is 17.4 Å². The molecule has 0 amide bonds.